The smallest absolute Gasteiger partial charge is 0.252 e. The van der Waals surface area contributed by atoms with Crippen molar-refractivity contribution in [1.29, 1.82) is 0 Å². The van der Waals surface area contributed by atoms with Gasteiger partial charge in [-0.3, -0.25) is 4.79 Å². The van der Waals surface area contributed by atoms with Crippen LogP contribution < -0.4 is 10.9 Å². The van der Waals surface area contributed by atoms with Crippen LogP contribution >= 0.6 is 0 Å². The van der Waals surface area contributed by atoms with E-state index in [0.29, 0.717) is 6.54 Å². The largest absolute Gasteiger partial charge is 0.326 e. The summed E-state index contributed by atoms with van der Waals surface area (Å²) in [5.74, 6) is 0. The molecule has 0 atom stereocenters. The van der Waals surface area contributed by atoms with Crippen LogP contribution in [0.25, 0.3) is 0 Å². The third-order valence-electron chi connectivity index (χ3n) is 1.88. The van der Waals surface area contributed by atoms with Crippen LogP contribution in [0.5, 0.6) is 0 Å². The van der Waals surface area contributed by atoms with E-state index in [9.17, 15) is 4.79 Å². The Labute approximate surface area is 78.2 Å². The van der Waals surface area contributed by atoms with Crippen LogP contribution in [0.2, 0.25) is 0 Å². The molecule has 1 rings (SSSR count). The van der Waals surface area contributed by atoms with Gasteiger partial charge in [0.2, 0.25) is 0 Å². The Balaban J connectivity index is 2.62. The number of aromatic nitrogens is 1. The van der Waals surface area contributed by atoms with Gasteiger partial charge < -0.3 is 10.3 Å². The second kappa shape index (κ2) is 4.82. The van der Waals surface area contributed by atoms with E-state index in [1.807, 2.05) is 19.1 Å². The van der Waals surface area contributed by atoms with Crippen LogP contribution in [-0.2, 0) is 6.54 Å². The summed E-state index contributed by atoms with van der Waals surface area (Å²) in [6, 6.07) is 3.79. The van der Waals surface area contributed by atoms with Crippen molar-refractivity contribution in [2.24, 2.45) is 0 Å². The molecule has 2 N–H and O–H groups in total. The molecule has 1 heterocycles. The lowest BCUT2D eigenvalue weighted by atomic mass is 10.2. The summed E-state index contributed by atoms with van der Waals surface area (Å²) in [6.07, 6.45) is 1.09. The Kier molecular flexibility index (Phi) is 3.71. The fourth-order valence-electron chi connectivity index (χ4n) is 1.14. The van der Waals surface area contributed by atoms with Gasteiger partial charge in [0.05, 0.1) is 0 Å². The van der Waals surface area contributed by atoms with E-state index in [0.717, 1.165) is 24.2 Å². The molecule has 3 heteroatoms. The number of hydrogen-bond acceptors (Lipinski definition) is 2. The van der Waals surface area contributed by atoms with Gasteiger partial charge in [-0.2, -0.15) is 0 Å². The van der Waals surface area contributed by atoms with Gasteiger partial charge in [0, 0.05) is 17.8 Å². The molecule has 1 aromatic rings. The predicted octanol–water partition coefficient (Wildman–Crippen LogP) is 1.18. The average molecular weight is 180 g/mol. The molecular weight excluding hydrogens is 164 g/mol. The number of rotatable bonds is 4. The standard InChI is InChI=1S/C10H16N2O/c1-3-6-11-7-9-5-4-8(2)12-10(9)13/h4-5,11H,3,6-7H2,1-2H3,(H,12,13). The van der Waals surface area contributed by atoms with Gasteiger partial charge >= 0.3 is 0 Å². The van der Waals surface area contributed by atoms with Crippen molar-refractivity contribution in [3.8, 4) is 0 Å². The molecule has 0 unspecified atom stereocenters. The summed E-state index contributed by atoms with van der Waals surface area (Å²) >= 11 is 0. The van der Waals surface area contributed by atoms with Crippen LogP contribution in [0.1, 0.15) is 24.6 Å². The van der Waals surface area contributed by atoms with Gasteiger partial charge in [0.25, 0.3) is 5.56 Å². The van der Waals surface area contributed by atoms with Crippen LogP contribution in [0.15, 0.2) is 16.9 Å². The lowest BCUT2D eigenvalue weighted by molar-refractivity contribution is 0.670. The Hall–Kier alpha value is -1.09. The van der Waals surface area contributed by atoms with Crippen LogP contribution in [0, 0.1) is 6.92 Å². The Bertz CT molecular complexity index is 317. The monoisotopic (exact) mass is 180 g/mol. The molecule has 0 bridgehead atoms. The van der Waals surface area contributed by atoms with E-state index in [-0.39, 0.29) is 5.56 Å². The highest BCUT2D eigenvalue weighted by Crippen LogP contribution is 1.92. The molecule has 0 saturated heterocycles. The Morgan fingerprint density at radius 2 is 2.23 bits per heavy atom. The molecule has 0 amide bonds. The molecule has 0 aromatic carbocycles. The minimum Gasteiger partial charge on any atom is -0.326 e. The molecule has 0 saturated carbocycles. The highest BCUT2D eigenvalue weighted by molar-refractivity contribution is 5.13. The van der Waals surface area contributed by atoms with Crippen molar-refractivity contribution < 1.29 is 0 Å². The first-order chi connectivity index (χ1) is 6.24. The maximum atomic E-state index is 11.3. The van der Waals surface area contributed by atoms with Crippen LogP contribution in [0.3, 0.4) is 0 Å². The van der Waals surface area contributed by atoms with Gasteiger partial charge in [0.15, 0.2) is 0 Å². The fraction of sp³-hybridized carbons (Fsp3) is 0.500. The molecule has 0 spiro atoms. The molecule has 0 aliphatic carbocycles. The molecule has 0 aliphatic heterocycles. The van der Waals surface area contributed by atoms with Crippen LogP contribution in [0.4, 0.5) is 0 Å². The lowest BCUT2D eigenvalue weighted by Crippen LogP contribution is -2.21. The molecule has 13 heavy (non-hydrogen) atoms. The SMILES string of the molecule is CCCNCc1ccc(C)[nH]c1=O. The topological polar surface area (TPSA) is 44.9 Å². The number of aromatic amines is 1. The third kappa shape index (κ3) is 3.03. The van der Waals surface area contributed by atoms with Crippen molar-refractivity contribution in [3.63, 3.8) is 0 Å². The first-order valence-electron chi connectivity index (χ1n) is 4.63. The van der Waals surface area contributed by atoms with E-state index in [1.54, 1.807) is 0 Å². The highest BCUT2D eigenvalue weighted by atomic mass is 16.1. The zero-order valence-electron chi connectivity index (χ0n) is 8.18. The minimum atomic E-state index is 0.0172. The Morgan fingerprint density at radius 1 is 1.46 bits per heavy atom. The summed E-state index contributed by atoms with van der Waals surface area (Å²) in [7, 11) is 0. The van der Waals surface area contributed by atoms with Gasteiger partial charge in [-0.15, -0.1) is 0 Å². The average Bonchev–Trinajstić information content (AvgIpc) is 2.09. The molecule has 72 valence electrons. The second-order valence-electron chi connectivity index (χ2n) is 3.17. The number of aryl methyl sites for hydroxylation is 1. The van der Waals surface area contributed by atoms with Crippen molar-refractivity contribution in [3.05, 3.63) is 33.7 Å². The van der Waals surface area contributed by atoms with E-state index >= 15 is 0 Å². The first-order valence-corrected chi connectivity index (χ1v) is 4.63. The summed E-state index contributed by atoms with van der Waals surface area (Å²) < 4.78 is 0. The zero-order chi connectivity index (χ0) is 9.68. The quantitative estimate of drug-likeness (QED) is 0.683. The summed E-state index contributed by atoms with van der Waals surface area (Å²) in [5.41, 5.74) is 1.73. The summed E-state index contributed by atoms with van der Waals surface area (Å²) in [4.78, 5) is 14.1. The maximum Gasteiger partial charge on any atom is 0.252 e. The second-order valence-corrected chi connectivity index (χ2v) is 3.17. The van der Waals surface area contributed by atoms with E-state index < -0.39 is 0 Å². The van der Waals surface area contributed by atoms with Gasteiger partial charge in [-0.1, -0.05) is 13.0 Å². The molecular formula is C10H16N2O. The lowest BCUT2D eigenvalue weighted by Gasteiger charge is -2.02. The first kappa shape index (κ1) is 9.99. The van der Waals surface area contributed by atoms with Crippen LogP contribution in [-0.4, -0.2) is 11.5 Å². The molecule has 0 aliphatic rings. The number of pyridine rings is 1. The molecule has 0 radical (unpaired) electrons. The van der Waals surface area contributed by atoms with Gasteiger partial charge in [0.1, 0.15) is 0 Å². The number of nitrogens with one attached hydrogen (secondary N) is 2. The molecule has 3 nitrogen and oxygen atoms in total. The van der Waals surface area contributed by atoms with Crippen molar-refractivity contribution in [2.45, 2.75) is 26.8 Å². The predicted molar refractivity (Wildman–Crippen MR) is 53.8 cm³/mol. The molecule has 1 aromatic heterocycles. The Morgan fingerprint density at radius 3 is 2.85 bits per heavy atom. The van der Waals surface area contributed by atoms with E-state index in [1.165, 1.54) is 0 Å². The third-order valence-corrected chi connectivity index (χ3v) is 1.88. The van der Waals surface area contributed by atoms with E-state index in [2.05, 4.69) is 17.2 Å². The number of H-pyrrole nitrogens is 1. The maximum absolute atomic E-state index is 11.3. The highest BCUT2D eigenvalue weighted by Gasteiger charge is 1.97. The van der Waals surface area contributed by atoms with Gasteiger partial charge in [-0.05, 0) is 26.0 Å². The van der Waals surface area contributed by atoms with Crippen molar-refractivity contribution in [2.75, 3.05) is 6.54 Å². The zero-order valence-corrected chi connectivity index (χ0v) is 8.18. The van der Waals surface area contributed by atoms with E-state index in [4.69, 9.17) is 0 Å². The number of hydrogen-bond donors (Lipinski definition) is 2. The minimum absolute atomic E-state index is 0.0172. The van der Waals surface area contributed by atoms with Crippen molar-refractivity contribution in [1.82, 2.24) is 10.3 Å². The normalized spacial score (nSPS) is 10.3. The summed E-state index contributed by atoms with van der Waals surface area (Å²) in [5, 5.41) is 3.19. The van der Waals surface area contributed by atoms with Gasteiger partial charge in [-0.25, -0.2) is 0 Å². The molecule has 0 fully saturated rings. The summed E-state index contributed by atoms with van der Waals surface area (Å²) in [6.45, 7) is 5.59. The fourth-order valence-corrected chi connectivity index (χ4v) is 1.14. The van der Waals surface area contributed by atoms with Crippen molar-refractivity contribution >= 4 is 0 Å².